The van der Waals surface area contributed by atoms with Crippen molar-refractivity contribution in [2.75, 3.05) is 46.9 Å². The van der Waals surface area contributed by atoms with Crippen LogP contribution in [0, 0.1) is 0 Å². The van der Waals surface area contributed by atoms with Crippen molar-refractivity contribution in [1.29, 1.82) is 0 Å². The van der Waals surface area contributed by atoms with Gasteiger partial charge in [0.05, 0.1) is 19.8 Å². The van der Waals surface area contributed by atoms with E-state index >= 15 is 0 Å². The molecule has 0 aromatic heterocycles. The lowest BCUT2D eigenvalue weighted by molar-refractivity contribution is -0.150. The van der Waals surface area contributed by atoms with E-state index in [-0.39, 0.29) is 18.4 Å². The van der Waals surface area contributed by atoms with Crippen LogP contribution in [0.15, 0.2) is 0 Å². The monoisotopic (exact) mass is 271 g/mol. The zero-order valence-corrected chi connectivity index (χ0v) is 12.4. The van der Waals surface area contributed by atoms with Gasteiger partial charge in [0.15, 0.2) is 0 Å². The number of hydrogen-bond donors (Lipinski definition) is 1. The first kappa shape index (κ1) is 15.9. The molecule has 1 heterocycles. The van der Waals surface area contributed by atoms with Gasteiger partial charge in [0.1, 0.15) is 5.54 Å². The minimum atomic E-state index is -0.765. The predicted octanol–water partition coefficient (Wildman–Crippen LogP) is -0.308. The standard InChI is InChI=1S/C13H25N3O3/c1-5-13(2)12(18)16(10-11(17)14-13)7-9-19-8-6-15(3)4/h5-10H2,1-4H3,(H,14,17). The summed E-state index contributed by atoms with van der Waals surface area (Å²) in [6.45, 7) is 6.21. The number of likely N-dealkylation sites (N-methyl/N-ethyl adjacent to an activating group) is 1. The Kier molecular flexibility index (Phi) is 5.75. The largest absolute Gasteiger partial charge is 0.378 e. The fourth-order valence-electron chi connectivity index (χ4n) is 1.94. The van der Waals surface area contributed by atoms with Gasteiger partial charge < -0.3 is 19.9 Å². The highest BCUT2D eigenvalue weighted by molar-refractivity contribution is 5.97. The lowest BCUT2D eigenvalue weighted by Gasteiger charge is -2.39. The molecule has 1 N–H and O–H groups in total. The Morgan fingerprint density at radius 3 is 2.63 bits per heavy atom. The van der Waals surface area contributed by atoms with Crippen LogP contribution >= 0.6 is 0 Å². The number of ether oxygens (including phenoxy) is 1. The van der Waals surface area contributed by atoms with Crippen molar-refractivity contribution in [3.8, 4) is 0 Å². The summed E-state index contributed by atoms with van der Waals surface area (Å²) in [4.78, 5) is 27.5. The summed E-state index contributed by atoms with van der Waals surface area (Å²) in [5, 5.41) is 2.76. The highest BCUT2D eigenvalue weighted by Gasteiger charge is 2.41. The fourth-order valence-corrected chi connectivity index (χ4v) is 1.94. The maximum Gasteiger partial charge on any atom is 0.248 e. The van der Waals surface area contributed by atoms with E-state index in [9.17, 15) is 9.59 Å². The van der Waals surface area contributed by atoms with Crippen LogP contribution in [-0.2, 0) is 14.3 Å². The lowest BCUT2D eigenvalue weighted by Crippen LogP contribution is -2.65. The van der Waals surface area contributed by atoms with Crippen LogP contribution in [0.5, 0.6) is 0 Å². The van der Waals surface area contributed by atoms with Crippen LogP contribution in [0.3, 0.4) is 0 Å². The van der Waals surface area contributed by atoms with E-state index in [1.54, 1.807) is 11.8 Å². The molecule has 1 rings (SSSR count). The van der Waals surface area contributed by atoms with E-state index < -0.39 is 5.54 Å². The Morgan fingerprint density at radius 2 is 2.05 bits per heavy atom. The fraction of sp³-hybridized carbons (Fsp3) is 0.846. The Morgan fingerprint density at radius 1 is 1.37 bits per heavy atom. The average Bonchev–Trinajstić information content (AvgIpc) is 2.34. The van der Waals surface area contributed by atoms with Gasteiger partial charge in [0.2, 0.25) is 11.8 Å². The summed E-state index contributed by atoms with van der Waals surface area (Å²) in [6.07, 6.45) is 0.593. The zero-order valence-electron chi connectivity index (χ0n) is 12.4. The van der Waals surface area contributed by atoms with Crippen LogP contribution in [0.1, 0.15) is 20.3 Å². The van der Waals surface area contributed by atoms with Gasteiger partial charge in [-0.05, 0) is 27.4 Å². The third kappa shape index (κ3) is 4.47. The normalized spacial score (nSPS) is 23.9. The van der Waals surface area contributed by atoms with Crippen molar-refractivity contribution in [3.63, 3.8) is 0 Å². The number of nitrogens with one attached hydrogen (secondary N) is 1. The molecule has 1 saturated heterocycles. The molecule has 1 fully saturated rings. The maximum atomic E-state index is 12.2. The Balaban J connectivity index is 2.40. The second-order valence-electron chi connectivity index (χ2n) is 5.38. The van der Waals surface area contributed by atoms with Gasteiger partial charge in [-0.3, -0.25) is 9.59 Å². The van der Waals surface area contributed by atoms with E-state index in [1.165, 1.54) is 0 Å². The van der Waals surface area contributed by atoms with E-state index in [2.05, 4.69) is 5.32 Å². The molecule has 0 radical (unpaired) electrons. The van der Waals surface area contributed by atoms with E-state index in [4.69, 9.17) is 4.74 Å². The van der Waals surface area contributed by atoms with Gasteiger partial charge in [-0.25, -0.2) is 0 Å². The van der Waals surface area contributed by atoms with Crippen LogP contribution in [0.25, 0.3) is 0 Å². The Hall–Kier alpha value is -1.14. The molecule has 0 bridgehead atoms. The number of carbonyl (C=O) groups excluding carboxylic acids is 2. The van der Waals surface area contributed by atoms with Crippen molar-refractivity contribution in [1.82, 2.24) is 15.1 Å². The van der Waals surface area contributed by atoms with E-state index in [0.29, 0.717) is 26.2 Å². The van der Waals surface area contributed by atoms with Gasteiger partial charge in [0.25, 0.3) is 0 Å². The summed E-state index contributed by atoms with van der Waals surface area (Å²) in [5.41, 5.74) is -0.765. The van der Waals surface area contributed by atoms with Crippen molar-refractivity contribution in [2.24, 2.45) is 0 Å². The van der Waals surface area contributed by atoms with Crippen LogP contribution in [-0.4, -0.2) is 74.1 Å². The molecule has 19 heavy (non-hydrogen) atoms. The van der Waals surface area contributed by atoms with Gasteiger partial charge in [-0.15, -0.1) is 0 Å². The second-order valence-corrected chi connectivity index (χ2v) is 5.38. The van der Waals surface area contributed by atoms with E-state index in [1.807, 2.05) is 25.9 Å². The van der Waals surface area contributed by atoms with Crippen molar-refractivity contribution in [3.05, 3.63) is 0 Å². The Labute approximate surface area is 115 Å². The topological polar surface area (TPSA) is 61.9 Å². The minimum Gasteiger partial charge on any atom is -0.378 e. The van der Waals surface area contributed by atoms with Gasteiger partial charge in [-0.1, -0.05) is 6.92 Å². The summed E-state index contributed by atoms with van der Waals surface area (Å²) >= 11 is 0. The second kappa shape index (κ2) is 6.86. The number of rotatable bonds is 7. The average molecular weight is 271 g/mol. The molecule has 0 saturated carbocycles. The summed E-state index contributed by atoms with van der Waals surface area (Å²) < 4.78 is 5.47. The number of amides is 2. The number of carbonyl (C=O) groups is 2. The maximum absolute atomic E-state index is 12.2. The van der Waals surface area contributed by atoms with E-state index in [0.717, 1.165) is 6.54 Å². The molecule has 110 valence electrons. The zero-order chi connectivity index (χ0) is 14.5. The van der Waals surface area contributed by atoms with Crippen LogP contribution in [0.2, 0.25) is 0 Å². The number of piperazine rings is 1. The van der Waals surface area contributed by atoms with Crippen LogP contribution < -0.4 is 5.32 Å². The molecule has 1 atom stereocenters. The van der Waals surface area contributed by atoms with Crippen molar-refractivity contribution in [2.45, 2.75) is 25.8 Å². The molecule has 0 aromatic rings. The molecular weight excluding hydrogens is 246 g/mol. The first-order chi connectivity index (χ1) is 8.89. The SMILES string of the molecule is CCC1(C)NC(=O)CN(CCOCCN(C)C)C1=O. The van der Waals surface area contributed by atoms with Gasteiger partial charge in [0, 0.05) is 13.1 Å². The van der Waals surface area contributed by atoms with Crippen molar-refractivity contribution < 1.29 is 14.3 Å². The first-order valence-electron chi connectivity index (χ1n) is 6.72. The Bertz CT molecular complexity index is 333. The molecule has 2 amide bonds. The number of hydrogen-bond acceptors (Lipinski definition) is 4. The van der Waals surface area contributed by atoms with Crippen LogP contribution in [0.4, 0.5) is 0 Å². The smallest absolute Gasteiger partial charge is 0.248 e. The molecule has 1 unspecified atom stereocenters. The molecular formula is C13H25N3O3. The molecule has 6 heteroatoms. The quantitative estimate of drug-likeness (QED) is 0.645. The third-order valence-corrected chi connectivity index (χ3v) is 3.40. The molecule has 0 aromatic carbocycles. The predicted molar refractivity (Wildman–Crippen MR) is 72.8 cm³/mol. The van der Waals surface area contributed by atoms with Gasteiger partial charge in [-0.2, -0.15) is 0 Å². The summed E-state index contributed by atoms with van der Waals surface area (Å²) in [6, 6.07) is 0. The highest BCUT2D eigenvalue weighted by atomic mass is 16.5. The molecule has 0 spiro atoms. The lowest BCUT2D eigenvalue weighted by atomic mass is 9.94. The van der Waals surface area contributed by atoms with Gasteiger partial charge >= 0.3 is 0 Å². The molecule has 6 nitrogen and oxygen atoms in total. The van der Waals surface area contributed by atoms with Crippen molar-refractivity contribution >= 4 is 11.8 Å². The third-order valence-electron chi connectivity index (χ3n) is 3.40. The highest BCUT2D eigenvalue weighted by Crippen LogP contribution is 2.17. The molecule has 1 aliphatic rings. The molecule has 1 aliphatic heterocycles. The first-order valence-corrected chi connectivity index (χ1v) is 6.72. The number of nitrogens with zero attached hydrogens (tertiary/aromatic N) is 2. The molecule has 0 aliphatic carbocycles. The summed E-state index contributed by atoms with van der Waals surface area (Å²) in [5.74, 6) is -0.122. The summed E-state index contributed by atoms with van der Waals surface area (Å²) in [7, 11) is 3.96. The minimum absolute atomic E-state index is 0.0224.